The fraction of sp³-hybridized carbons (Fsp3) is 0.880. The molecule has 1 heterocycles. The summed E-state index contributed by atoms with van der Waals surface area (Å²) in [6.07, 6.45) is 28.4. The van der Waals surface area contributed by atoms with Crippen LogP contribution in [-0.4, -0.2) is 4.57 Å². The van der Waals surface area contributed by atoms with Crippen LogP contribution in [0.3, 0.4) is 0 Å². The van der Waals surface area contributed by atoms with E-state index in [1.807, 2.05) is 0 Å². The lowest BCUT2D eigenvalue weighted by Crippen LogP contribution is -2.37. The van der Waals surface area contributed by atoms with E-state index in [0.717, 1.165) is 0 Å². The second-order valence-corrected chi connectivity index (χ2v) is 8.45. The number of unbranched alkanes of at least 4 members (excludes halogenated alkanes) is 13. The van der Waals surface area contributed by atoms with Gasteiger partial charge in [0.1, 0.15) is 12.4 Å². The van der Waals surface area contributed by atoms with Crippen LogP contribution in [0.4, 0.5) is 0 Å². The Morgan fingerprint density at radius 3 is 1.63 bits per heavy atom. The van der Waals surface area contributed by atoms with Crippen LogP contribution in [0.15, 0.2) is 12.4 Å². The normalized spacial score (nSPS) is 11.4. The number of imidazole rings is 1. The maximum Gasteiger partial charge on any atom is 0.256 e. The summed E-state index contributed by atoms with van der Waals surface area (Å²) in [5.74, 6) is 1.55. The zero-order valence-corrected chi connectivity index (χ0v) is 19.0. The van der Waals surface area contributed by atoms with E-state index in [2.05, 4.69) is 42.3 Å². The van der Waals surface area contributed by atoms with Crippen molar-refractivity contribution in [3.05, 3.63) is 18.2 Å². The number of rotatable bonds is 19. The molecule has 0 atom stereocenters. The molecule has 0 amide bonds. The highest BCUT2D eigenvalue weighted by atomic mass is 15.1. The first-order valence-electron chi connectivity index (χ1n) is 12.4. The third-order valence-corrected chi connectivity index (χ3v) is 5.77. The quantitative estimate of drug-likeness (QED) is 0.173. The Hall–Kier alpha value is -0.790. The Bertz CT molecular complexity index is 412. The van der Waals surface area contributed by atoms with Crippen molar-refractivity contribution in [2.24, 2.45) is 0 Å². The maximum atomic E-state index is 2.48. The van der Waals surface area contributed by atoms with E-state index in [1.54, 1.807) is 5.82 Å². The van der Waals surface area contributed by atoms with Crippen molar-refractivity contribution < 1.29 is 4.57 Å². The van der Waals surface area contributed by atoms with Gasteiger partial charge in [0.15, 0.2) is 0 Å². The summed E-state index contributed by atoms with van der Waals surface area (Å²) in [7, 11) is 0. The van der Waals surface area contributed by atoms with Gasteiger partial charge in [-0.15, -0.1) is 0 Å². The SMILES string of the molecule is CCCCCCCCCCCCCCCCc1n(CCC)cc[n+]1CCC. The minimum absolute atomic E-state index is 1.17. The van der Waals surface area contributed by atoms with Gasteiger partial charge in [-0.25, -0.2) is 9.13 Å². The first-order valence-corrected chi connectivity index (χ1v) is 12.4. The van der Waals surface area contributed by atoms with Crippen molar-refractivity contribution >= 4 is 0 Å². The minimum Gasteiger partial charge on any atom is -0.234 e. The van der Waals surface area contributed by atoms with Crippen LogP contribution in [0, 0.1) is 0 Å². The molecule has 1 aromatic rings. The minimum atomic E-state index is 1.17. The van der Waals surface area contributed by atoms with Crippen molar-refractivity contribution in [2.45, 2.75) is 143 Å². The third-order valence-electron chi connectivity index (χ3n) is 5.77. The first-order chi connectivity index (χ1) is 13.3. The molecular weight excluding hydrogens is 328 g/mol. The lowest BCUT2D eigenvalue weighted by Gasteiger charge is -2.05. The molecule has 1 aromatic heterocycles. The molecule has 0 aliphatic rings. The summed E-state index contributed by atoms with van der Waals surface area (Å²) in [6, 6.07) is 0. The van der Waals surface area contributed by atoms with E-state index in [-0.39, 0.29) is 0 Å². The molecule has 0 saturated heterocycles. The van der Waals surface area contributed by atoms with Crippen LogP contribution in [-0.2, 0) is 19.5 Å². The molecule has 0 unspecified atom stereocenters. The van der Waals surface area contributed by atoms with Crippen LogP contribution in [0.2, 0.25) is 0 Å². The third kappa shape index (κ3) is 11.6. The average Bonchev–Trinajstić information content (AvgIpc) is 3.04. The van der Waals surface area contributed by atoms with Gasteiger partial charge < -0.3 is 0 Å². The van der Waals surface area contributed by atoms with Crippen LogP contribution >= 0.6 is 0 Å². The number of aryl methyl sites for hydroxylation is 2. The predicted octanol–water partition coefficient (Wildman–Crippen LogP) is 7.62. The fourth-order valence-corrected chi connectivity index (χ4v) is 4.15. The molecule has 0 saturated carbocycles. The number of hydrogen-bond acceptors (Lipinski definition) is 0. The summed E-state index contributed by atoms with van der Waals surface area (Å²) < 4.78 is 4.97. The molecule has 0 bridgehead atoms. The van der Waals surface area contributed by atoms with Crippen LogP contribution in [0.5, 0.6) is 0 Å². The van der Waals surface area contributed by atoms with Gasteiger partial charge >= 0.3 is 0 Å². The summed E-state index contributed by atoms with van der Waals surface area (Å²) >= 11 is 0. The highest BCUT2D eigenvalue weighted by Crippen LogP contribution is 2.13. The maximum absolute atomic E-state index is 2.48. The standard InChI is InChI=1S/C25H49N2/c1-4-7-8-9-10-11-12-13-14-15-16-17-18-19-20-25-26(21-5-2)23-24-27(25)22-6-3/h23-24H,4-22H2,1-3H3/q+1. The summed E-state index contributed by atoms with van der Waals surface area (Å²) in [5.41, 5.74) is 0. The van der Waals surface area contributed by atoms with Crippen molar-refractivity contribution in [3.63, 3.8) is 0 Å². The largest absolute Gasteiger partial charge is 0.256 e. The van der Waals surface area contributed by atoms with E-state index in [9.17, 15) is 0 Å². The van der Waals surface area contributed by atoms with Crippen LogP contribution < -0.4 is 4.57 Å². The average molecular weight is 378 g/mol. The van der Waals surface area contributed by atoms with Gasteiger partial charge in [-0.1, -0.05) is 104 Å². The van der Waals surface area contributed by atoms with E-state index in [0.29, 0.717) is 0 Å². The van der Waals surface area contributed by atoms with Crippen molar-refractivity contribution in [1.29, 1.82) is 0 Å². The molecule has 1 rings (SSSR count). The molecule has 27 heavy (non-hydrogen) atoms. The topological polar surface area (TPSA) is 8.81 Å². The Morgan fingerprint density at radius 2 is 1.15 bits per heavy atom. The number of hydrogen-bond donors (Lipinski definition) is 0. The van der Waals surface area contributed by atoms with E-state index in [1.165, 1.54) is 122 Å². The Balaban J connectivity index is 1.99. The Labute approximate surface area is 170 Å². The fourth-order valence-electron chi connectivity index (χ4n) is 4.15. The molecule has 0 radical (unpaired) electrons. The Morgan fingerprint density at radius 1 is 0.630 bits per heavy atom. The number of nitrogens with zero attached hydrogens (tertiary/aromatic N) is 2. The van der Waals surface area contributed by atoms with Crippen molar-refractivity contribution in [2.75, 3.05) is 0 Å². The second kappa shape index (κ2) is 17.3. The molecule has 0 aliphatic carbocycles. The smallest absolute Gasteiger partial charge is 0.234 e. The molecule has 2 heteroatoms. The summed E-state index contributed by atoms with van der Waals surface area (Å²) in [6.45, 7) is 9.20. The molecular formula is C25H49N2+. The lowest BCUT2D eigenvalue weighted by atomic mass is 10.0. The van der Waals surface area contributed by atoms with Gasteiger partial charge in [0.2, 0.25) is 0 Å². The van der Waals surface area contributed by atoms with Crippen molar-refractivity contribution in [3.8, 4) is 0 Å². The summed E-state index contributed by atoms with van der Waals surface area (Å²) in [4.78, 5) is 0. The lowest BCUT2D eigenvalue weighted by molar-refractivity contribution is -0.703. The van der Waals surface area contributed by atoms with E-state index < -0.39 is 0 Å². The zero-order chi connectivity index (χ0) is 19.6. The molecule has 158 valence electrons. The zero-order valence-electron chi connectivity index (χ0n) is 19.0. The molecule has 0 fully saturated rings. The van der Waals surface area contributed by atoms with Crippen molar-refractivity contribution in [1.82, 2.24) is 4.57 Å². The van der Waals surface area contributed by atoms with Gasteiger partial charge in [-0.3, -0.25) is 0 Å². The monoisotopic (exact) mass is 377 g/mol. The molecule has 0 aliphatic heterocycles. The predicted molar refractivity (Wildman–Crippen MR) is 119 cm³/mol. The van der Waals surface area contributed by atoms with Crippen LogP contribution in [0.1, 0.15) is 129 Å². The number of aromatic nitrogens is 2. The van der Waals surface area contributed by atoms with Crippen LogP contribution in [0.25, 0.3) is 0 Å². The molecule has 0 aromatic carbocycles. The molecule has 0 N–H and O–H groups in total. The first kappa shape index (κ1) is 24.2. The van der Waals surface area contributed by atoms with Gasteiger partial charge in [0.05, 0.1) is 13.1 Å². The van der Waals surface area contributed by atoms with Gasteiger partial charge in [-0.2, -0.15) is 0 Å². The van der Waals surface area contributed by atoms with E-state index in [4.69, 9.17) is 0 Å². The second-order valence-electron chi connectivity index (χ2n) is 8.45. The van der Waals surface area contributed by atoms with Gasteiger partial charge in [0.25, 0.3) is 5.82 Å². The van der Waals surface area contributed by atoms with Gasteiger partial charge in [0, 0.05) is 6.42 Å². The van der Waals surface area contributed by atoms with E-state index >= 15 is 0 Å². The summed E-state index contributed by atoms with van der Waals surface area (Å²) in [5, 5.41) is 0. The van der Waals surface area contributed by atoms with Gasteiger partial charge in [-0.05, 0) is 19.3 Å². The highest BCUT2D eigenvalue weighted by Gasteiger charge is 2.15. The highest BCUT2D eigenvalue weighted by molar-refractivity contribution is 4.84. The molecule has 2 nitrogen and oxygen atoms in total. The molecule has 0 spiro atoms. The Kier molecular flexibility index (Phi) is 15.6.